The number of aromatic nitrogens is 3. The predicted molar refractivity (Wildman–Crippen MR) is 124 cm³/mol. The van der Waals surface area contributed by atoms with E-state index >= 15 is 0 Å². The van der Waals surface area contributed by atoms with Crippen molar-refractivity contribution in [1.29, 1.82) is 0 Å². The molecule has 14 heteroatoms. The van der Waals surface area contributed by atoms with Crippen molar-refractivity contribution in [1.82, 2.24) is 19.9 Å². The maximum absolute atomic E-state index is 13.9. The Morgan fingerprint density at radius 1 is 1.18 bits per heavy atom. The van der Waals surface area contributed by atoms with Crippen LogP contribution >= 0.6 is 0 Å². The first-order chi connectivity index (χ1) is 18.6. The SMILES string of the molecule is CC1(C)OC[C@H]2O[C@@]3(CCCO3)[C@H](OCC(=O)N3CC(O)C3)[C@@H](n3cc(-c4cc(F)c(F)c(F)c4)nn3)[C@H]2O1. The number of likely N-dealkylation sites (tertiary alicyclic amines) is 1. The van der Waals surface area contributed by atoms with E-state index in [2.05, 4.69) is 10.3 Å². The highest BCUT2D eigenvalue weighted by molar-refractivity contribution is 5.78. The molecule has 0 bridgehead atoms. The number of carbonyl (C=O) groups excluding carboxylic acids is 1. The fourth-order valence-electron chi connectivity index (χ4n) is 5.60. The summed E-state index contributed by atoms with van der Waals surface area (Å²) in [6.45, 7) is 4.24. The molecule has 0 radical (unpaired) electrons. The number of aliphatic hydroxyl groups is 1. The third-order valence-electron chi connectivity index (χ3n) is 7.53. The first-order valence-corrected chi connectivity index (χ1v) is 12.8. The van der Waals surface area contributed by atoms with Crippen molar-refractivity contribution in [2.75, 3.05) is 32.9 Å². The first kappa shape index (κ1) is 26.6. The molecular formula is C25H29F3N4O7. The second-order valence-corrected chi connectivity index (χ2v) is 10.7. The van der Waals surface area contributed by atoms with Gasteiger partial charge in [0, 0.05) is 25.1 Å². The molecular weight excluding hydrogens is 525 g/mol. The van der Waals surface area contributed by atoms with Crippen LogP contribution in [0.4, 0.5) is 13.2 Å². The van der Waals surface area contributed by atoms with E-state index in [0.717, 1.165) is 12.1 Å². The maximum atomic E-state index is 13.9. The number of amides is 1. The zero-order valence-electron chi connectivity index (χ0n) is 21.4. The Morgan fingerprint density at radius 3 is 2.59 bits per heavy atom. The molecule has 4 aliphatic rings. The van der Waals surface area contributed by atoms with Gasteiger partial charge in [0.2, 0.25) is 5.91 Å². The summed E-state index contributed by atoms with van der Waals surface area (Å²) in [5, 5.41) is 17.9. The van der Waals surface area contributed by atoms with Crippen molar-refractivity contribution >= 4 is 5.91 Å². The van der Waals surface area contributed by atoms with E-state index < -0.39 is 59.5 Å². The molecule has 11 nitrogen and oxygen atoms in total. The normalized spacial score (nSPS) is 32.3. The summed E-state index contributed by atoms with van der Waals surface area (Å²) in [7, 11) is 0. The highest BCUT2D eigenvalue weighted by atomic mass is 19.2. The van der Waals surface area contributed by atoms with Crippen LogP contribution in [0, 0.1) is 17.5 Å². The lowest BCUT2D eigenvalue weighted by Crippen LogP contribution is -2.67. The van der Waals surface area contributed by atoms with Crippen LogP contribution in [0.15, 0.2) is 18.3 Å². The molecule has 5 atom stereocenters. The summed E-state index contributed by atoms with van der Waals surface area (Å²) in [5.41, 5.74) is 0.0817. The van der Waals surface area contributed by atoms with E-state index in [9.17, 15) is 23.1 Å². The molecule has 1 aromatic carbocycles. The van der Waals surface area contributed by atoms with Gasteiger partial charge in [0.25, 0.3) is 0 Å². The number of hydrogen-bond donors (Lipinski definition) is 1. The average Bonchev–Trinajstić information content (AvgIpc) is 3.54. The molecule has 39 heavy (non-hydrogen) atoms. The van der Waals surface area contributed by atoms with Crippen LogP contribution < -0.4 is 0 Å². The van der Waals surface area contributed by atoms with Crippen molar-refractivity contribution in [2.24, 2.45) is 0 Å². The zero-order chi connectivity index (χ0) is 27.5. The summed E-state index contributed by atoms with van der Waals surface area (Å²) >= 11 is 0. The summed E-state index contributed by atoms with van der Waals surface area (Å²) in [6.07, 6.45) is -0.133. The van der Waals surface area contributed by atoms with E-state index in [1.807, 2.05) is 0 Å². The van der Waals surface area contributed by atoms with Gasteiger partial charge >= 0.3 is 0 Å². The number of carbonyl (C=O) groups is 1. The number of nitrogens with zero attached hydrogens (tertiary/aromatic N) is 4. The molecule has 0 unspecified atom stereocenters. The van der Waals surface area contributed by atoms with E-state index in [4.69, 9.17) is 23.7 Å². The van der Waals surface area contributed by atoms with Crippen molar-refractivity contribution in [3.63, 3.8) is 0 Å². The first-order valence-electron chi connectivity index (χ1n) is 12.8. The fourth-order valence-corrected chi connectivity index (χ4v) is 5.60. The van der Waals surface area contributed by atoms with Crippen LogP contribution in [-0.2, 0) is 28.5 Å². The smallest absolute Gasteiger partial charge is 0.248 e. The van der Waals surface area contributed by atoms with E-state index in [-0.39, 0.29) is 43.5 Å². The summed E-state index contributed by atoms with van der Waals surface area (Å²) in [5.74, 6) is -6.81. The highest BCUT2D eigenvalue weighted by Gasteiger charge is 2.61. The number of β-amino-alcohol motifs (C(OH)–C–C–N with tert-alkyl or cyclic N) is 1. The van der Waals surface area contributed by atoms with Crippen molar-refractivity contribution in [3.8, 4) is 11.3 Å². The van der Waals surface area contributed by atoms with Gasteiger partial charge in [-0.15, -0.1) is 5.10 Å². The van der Waals surface area contributed by atoms with Crippen LogP contribution in [0.3, 0.4) is 0 Å². The van der Waals surface area contributed by atoms with Gasteiger partial charge in [-0.25, -0.2) is 17.9 Å². The molecule has 4 aliphatic heterocycles. The van der Waals surface area contributed by atoms with Crippen LogP contribution in [0.2, 0.25) is 0 Å². The molecule has 1 N–H and O–H groups in total. The average molecular weight is 555 g/mol. The highest BCUT2D eigenvalue weighted by Crippen LogP contribution is 2.48. The number of ether oxygens (including phenoxy) is 5. The number of hydrogen-bond acceptors (Lipinski definition) is 9. The Labute approximate surface area is 221 Å². The molecule has 5 heterocycles. The molecule has 4 saturated heterocycles. The Bertz CT molecular complexity index is 1220. The molecule has 6 rings (SSSR count). The number of fused-ring (bicyclic) bond motifs is 1. The lowest BCUT2D eigenvalue weighted by molar-refractivity contribution is -0.403. The van der Waals surface area contributed by atoms with Crippen LogP contribution in [0.1, 0.15) is 32.7 Å². The lowest BCUT2D eigenvalue weighted by atomic mass is 9.87. The van der Waals surface area contributed by atoms with Crippen molar-refractivity contribution < 1.29 is 46.8 Å². The van der Waals surface area contributed by atoms with Crippen LogP contribution in [0.5, 0.6) is 0 Å². The van der Waals surface area contributed by atoms with Gasteiger partial charge in [-0.05, 0) is 32.4 Å². The predicted octanol–water partition coefficient (Wildman–Crippen LogP) is 1.55. The molecule has 1 aromatic heterocycles. The lowest BCUT2D eigenvalue weighted by Gasteiger charge is -2.54. The van der Waals surface area contributed by atoms with E-state index in [0.29, 0.717) is 19.4 Å². The van der Waals surface area contributed by atoms with Gasteiger partial charge in [0.1, 0.15) is 36.7 Å². The van der Waals surface area contributed by atoms with E-state index in [1.54, 1.807) is 13.8 Å². The number of rotatable bonds is 5. The summed E-state index contributed by atoms with van der Waals surface area (Å²) in [4.78, 5) is 14.2. The Kier molecular flexibility index (Phi) is 6.67. The fraction of sp³-hybridized carbons (Fsp3) is 0.640. The maximum Gasteiger partial charge on any atom is 0.248 e. The molecule has 2 aromatic rings. The van der Waals surface area contributed by atoms with Crippen molar-refractivity contribution in [3.05, 3.63) is 35.8 Å². The molecule has 0 saturated carbocycles. The monoisotopic (exact) mass is 554 g/mol. The third kappa shape index (κ3) is 4.83. The second-order valence-electron chi connectivity index (χ2n) is 10.7. The van der Waals surface area contributed by atoms with Gasteiger partial charge in [-0.2, -0.15) is 0 Å². The van der Waals surface area contributed by atoms with Crippen LogP contribution in [0.25, 0.3) is 11.3 Å². The minimum absolute atomic E-state index is 0.00898. The summed E-state index contributed by atoms with van der Waals surface area (Å²) in [6, 6.07) is 0.920. The van der Waals surface area contributed by atoms with Gasteiger partial charge in [0.05, 0.1) is 25.5 Å². The summed E-state index contributed by atoms with van der Waals surface area (Å²) < 4.78 is 73.8. The zero-order valence-corrected chi connectivity index (χ0v) is 21.4. The third-order valence-corrected chi connectivity index (χ3v) is 7.53. The van der Waals surface area contributed by atoms with Crippen molar-refractivity contribution in [2.45, 2.75) is 68.7 Å². The van der Waals surface area contributed by atoms with E-state index in [1.165, 1.54) is 15.8 Å². The topological polar surface area (TPSA) is 117 Å². The number of halogens is 3. The van der Waals surface area contributed by atoms with Gasteiger partial charge in [-0.1, -0.05) is 5.21 Å². The molecule has 1 amide bonds. The quantitative estimate of drug-likeness (QED) is 0.550. The Balaban J connectivity index is 1.37. The molecule has 1 spiro atoms. The Hall–Kier alpha value is -2.62. The van der Waals surface area contributed by atoms with Crippen LogP contribution in [-0.4, -0.2) is 99.8 Å². The van der Waals surface area contributed by atoms with Gasteiger partial charge in [-0.3, -0.25) is 4.79 Å². The molecule has 212 valence electrons. The molecule has 4 fully saturated rings. The largest absolute Gasteiger partial charge is 0.389 e. The minimum Gasteiger partial charge on any atom is -0.389 e. The second kappa shape index (κ2) is 9.78. The molecule has 0 aliphatic carbocycles. The number of aliphatic hydroxyl groups excluding tert-OH is 1. The van der Waals surface area contributed by atoms with Gasteiger partial charge in [0.15, 0.2) is 29.0 Å². The minimum atomic E-state index is -1.58. The number of benzene rings is 1. The Morgan fingerprint density at radius 2 is 1.92 bits per heavy atom. The van der Waals surface area contributed by atoms with Gasteiger partial charge < -0.3 is 33.7 Å². The standard InChI is InChI=1S/C25H29F3N4O7/c1-24(2)37-11-18-22(39-24)21(32-10-17(29-30-32)13-6-15(26)20(28)16(27)7-13)23(25(38-18)4-3-5-36-25)35-12-19(34)31-8-14(33)9-31/h6-7,10,14,18,21-23,33H,3-5,8-9,11-12H2,1-2H3/t18-,21+,22+,23-,25+/m1/s1.